The van der Waals surface area contributed by atoms with Crippen molar-refractivity contribution in [2.45, 2.75) is 55.6 Å². The number of hydrogen-bond donors (Lipinski definition) is 1. The van der Waals surface area contributed by atoms with Crippen molar-refractivity contribution in [1.82, 2.24) is 10.2 Å². The first-order valence-electron chi connectivity index (χ1n) is 16.0. The SMILES string of the molecule is COc1ccc(S(=O)(=O)N(CC(=O)N(Cc2ccc(Cl)cc2)[C@H](Cc2ccccc2)C(=O)NC2CCCC2)c2ccc(F)cc2)cc1OC. The number of rotatable bonds is 14. The van der Waals surface area contributed by atoms with E-state index < -0.39 is 34.3 Å². The van der Waals surface area contributed by atoms with E-state index in [1.165, 1.54) is 49.5 Å². The minimum atomic E-state index is -4.45. The summed E-state index contributed by atoms with van der Waals surface area (Å²) in [6.07, 6.45) is 3.89. The van der Waals surface area contributed by atoms with E-state index in [9.17, 15) is 22.4 Å². The van der Waals surface area contributed by atoms with Crippen molar-refractivity contribution in [3.8, 4) is 11.5 Å². The zero-order valence-electron chi connectivity index (χ0n) is 27.4. The Morgan fingerprint density at radius 1 is 0.878 bits per heavy atom. The van der Waals surface area contributed by atoms with Gasteiger partial charge in [0.15, 0.2) is 11.5 Å². The zero-order chi connectivity index (χ0) is 35.0. The van der Waals surface area contributed by atoms with Crippen LogP contribution in [0, 0.1) is 5.82 Å². The summed E-state index contributed by atoms with van der Waals surface area (Å²) in [4.78, 5) is 30.0. The topological polar surface area (TPSA) is 105 Å². The molecule has 1 fully saturated rings. The van der Waals surface area contributed by atoms with Crippen LogP contribution in [0.1, 0.15) is 36.8 Å². The molecule has 49 heavy (non-hydrogen) atoms. The van der Waals surface area contributed by atoms with Crippen molar-refractivity contribution in [2.75, 3.05) is 25.1 Å². The molecular formula is C37H39ClFN3O6S. The molecule has 1 atom stereocenters. The molecule has 0 spiro atoms. The molecule has 0 bridgehead atoms. The Morgan fingerprint density at radius 3 is 2.16 bits per heavy atom. The number of carbonyl (C=O) groups excluding carboxylic acids is 2. The molecule has 258 valence electrons. The van der Waals surface area contributed by atoms with E-state index in [-0.39, 0.29) is 41.2 Å². The number of nitrogens with zero attached hydrogens (tertiary/aromatic N) is 2. The molecule has 9 nitrogen and oxygen atoms in total. The molecule has 1 aliphatic rings. The highest BCUT2D eigenvalue weighted by molar-refractivity contribution is 7.92. The van der Waals surface area contributed by atoms with Crippen LogP contribution in [0.3, 0.4) is 0 Å². The van der Waals surface area contributed by atoms with Gasteiger partial charge in [0.05, 0.1) is 24.8 Å². The minimum absolute atomic E-state index is 0.000741. The molecule has 4 aromatic carbocycles. The van der Waals surface area contributed by atoms with Gasteiger partial charge in [-0.1, -0.05) is 66.9 Å². The van der Waals surface area contributed by atoms with Crippen molar-refractivity contribution in [1.29, 1.82) is 0 Å². The molecule has 0 heterocycles. The number of anilines is 1. The highest BCUT2D eigenvalue weighted by Gasteiger charge is 2.36. The third-order valence-corrected chi connectivity index (χ3v) is 10.6. The molecule has 1 saturated carbocycles. The Hall–Kier alpha value is -4.61. The summed E-state index contributed by atoms with van der Waals surface area (Å²) in [5, 5.41) is 3.65. The Kier molecular flexibility index (Phi) is 11.8. The number of benzene rings is 4. The number of sulfonamides is 1. The van der Waals surface area contributed by atoms with Gasteiger partial charge in [0.25, 0.3) is 10.0 Å². The summed E-state index contributed by atoms with van der Waals surface area (Å²) in [6, 6.07) is 24.2. The van der Waals surface area contributed by atoms with E-state index in [4.69, 9.17) is 21.1 Å². The van der Waals surface area contributed by atoms with Crippen molar-refractivity contribution in [3.05, 3.63) is 119 Å². The second kappa shape index (κ2) is 16.2. The molecule has 1 aliphatic carbocycles. The molecule has 12 heteroatoms. The minimum Gasteiger partial charge on any atom is -0.493 e. The summed E-state index contributed by atoms with van der Waals surface area (Å²) in [5.41, 5.74) is 1.59. The lowest BCUT2D eigenvalue weighted by atomic mass is 10.0. The average molecular weight is 708 g/mol. The summed E-state index contributed by atoms with van der Waals surface area (Å²) in [6.45, 7) is -0.683. The number of nitrogens with one attached hydrogen (secondary N) is 1. The fourth-order valence-corrected chi connectivity index (χ4v) is 7.50. The average Bonchev–Trinajstić information content (AvgIpc) is 3.63. The fraction of sp³-hybridized carbons (Fsp3) is 0.297. The van der Waals surface area contributed by atoms with E-state index in [0.29, 0.717) is 16.3 Å². The lowest BCUT2D eigenvalue weighted by molar-refractivity contribution is -0.140. The van der Waals surface area contributed by atoms with Crippen LogP contribution in [-0.2, 0) is 32.6 Å². The Bertz CT molecular complexity index is 1840. The van der Waals surface area contributed by atoms with Crippen LogP contribution in [0.4, 0.5) is 10.1 Å². The van der Waals surface area contributed by atoms with Crippen LogP contribution >= 0.6 is 11.6 Å². The molecule has 4 aromatic rings. The fourth-order valence-electron chi connectivity index (χ4n) is 5.95. The second-order valence-corrected chi connectivity index (χ2v) is 14.1. The molecule has 5 rings (SSSR count). The first kappa shape index (κ1) is 35.7. The molecule has 0 unspecified atom stereocenters. The van der Waals surface area contributed by atoms with Gasteiger partial charge in [0, 0.05) is 30.1 Å². The first-order valence-corrected chi connectivity index (χ1v) is 17.8. The Labute approximate surface area is 291 Å². The van der Waals surface area contributed by atoms with Gasteiger partial charge in [-0.25, -0.2) is 12.8 Å². The highest BCUT2D eigenvalue weighted by atomic mass is 35.5. The van der Waals surface area contributed by atoms with Crippen LogP contribution in [0.5, 0.6) is 11.5 Å². The molecule has 0 aliphatic heterocycles. The lowest BCUT2D eigenvalue weighted by Crippen LogP contribution is -2.54. The summed E-state index contributed by atoms with van der Waals surface area (Å²) < 4.78 is 54.3. The van der Waals surface area contributed by atoms with Gasteiger partial charge in [0.1, 0.15) is 18.4 Å². The zero-order valence-corrected chi connectivity index (χ0v) is 28.9. The number of amides is 2. The monoisotopic (exact) mass is 707 g/mol. The van der Waals surface area contributed by atoms with Crippen LogP contribution < -0.4 is 19.1 Å². The molecule has 0 saturated heterocycles. The van der Waals surface area contributed by atoms with Crippen LogP contribution in [-0.4, -0.2) is 58.0 Å². The second-order valence-electron chi connectivity index (χ2n) is 11.8. The summed E-state index contributed by atoms with van der Waals surface area (Å²) >= 11 is 6.16. The largest absolute Gasteiger partial charge is 0.493 e. The predicted octanol–water partition coefficient (Wildman–Crippen LogP) is 6.39. The highest BCUT2D eigenvalue weighted by Crippen LogP contribution is 2.33. The van der Waals surface area contributed by atoms with E-state index in [1.807, 2.05) is 30.3 Å². The van der Waals surface area contributed by atoms with Crippen molar-refractivity contribution >= 4 is 39.1 Å². The predicted molar refractivity (Wildman–Crippen MR) is 187 cm³/mol. The van der Waals surface area contributed by atoms with Crippen LogP contribution in [0.2, 0.25) is 5.02 Å². The number of halogens is 2. The van der Waals surface area contributed by atoms with Gasteiger partial charge in [-0.15, -0.1) is 0 Å². The maximum atomic E-state index is 14.6. The van der Waals surface area contributed by atoms with Gasteiger partial charge in [-0.05, 0) is 72.5 Å². The number of methoxy groups -OCH3 is 2. The molecule has 0 radical (unpaired) electrons. The molecule has 1 N–H and O–H groups in total. The smallest absolute Gasteiger partial charge is 0.264 e. The Morgan fingerprint density at radius 2 is 1.53 bits per heavy atom. The normalized spacial score (nSPS) is 13.8. The third kappa shape index (κ3) is 8.90. The Balaban J connectivity index is 1.57. The van der Waals surface area contributed by atoms with Gasteiger partial charge < -0.3 is 19.7 Å². The maximum Gasteiger partial charge on any atom is 0.264 e. The van der Waals surface area contributed by atoms with Crippen molar-refractivity contribution < 1.29 is 31.9 Å². The van der Waals surface area contributed by atoms with E-state index in [0.717, 1.165) is 47.7 Å². The van der Waals surface area contributed by atoms with E-state index >= 15 is 0 Å². The van der Waals surface area contributed by atoms with Crippen LogP contribution in [0.25, 0.3) is 0 Å². The van der Waals surface area contributed by atoms with E-state index in [2.05, 4.69) is 5.32 Å². The number of ether oxygens (including phenoxy) is 2. The first-order chi connectivity index (χ1) is 23.6. The standard InChI is InChI=1S/C37H39ClFN3O6S/c1-47-34-21-20-32(23-35(34)48-2)49(45,46)42(31-18-16-29(39)17-19-31)25-36(43)41(24-27-12-14-28(38)15-13-27)33(22-26-8-4-3-5-9-26)37(44)40-30-10-6-7-11-30/h3-5,8-9,12-21,23,30,33H,6-7,10-11,22,24-25H2,1-2H3,(H,40,44)/t33-/m1/s1. The van der Waals surface area contributed by atoms with Gasteiger partial charge in [0.2, 0.25) is 11.8 Å². The van der Waals surface area contributed by atoms with E-state index in [1.54, 1.807) is 24.3 Å². The van der Waals surface area contributed by atoms with Crippen molar-refractivity contribution in [3.63, 3.8) is 0 Å². The molecule has 0 aromatic heterocycles. The van der Waals surface area contributed by atoms with Gasteiger partial charge >= 0.3 is 0 Å². The third-order valence-electron chi connectivity index (χ3n) is 8.58. The number of carbonyl (C=O) groups is 2. The number of hydrogen-bond acceptors (Lipinski definition) is 6. The summed E-state index contributed by atoms with van der Waals surface area (Å²) in [5.74, 6) is -1.05. The summed E-state index contributed by atoms with van der Waals surface area (Å²) in [7, 11) is -1.63. The molecule has 2 amide bonds. The lowest BCUT2D eigenvalue weighted by Gasteiger charge is -2.34. The van der Waals surface area contributed by atoms with Crippen molar-refractivity contribution in [2.24, 2.45) is 0 Å². The quantitative estimate of drug-likeness (QED) is 0.163. The van der Waals surface area contributed by atoms with Gasteiger partial charge in [-0.2, -0.15) is 0 Å². The molecular weight excluding hydrogens is 669 g/mol. The van der Waals surface area contributed by atoms with Crippen LogP contribution in [0.15, 0.2) is 102 Å². The maximum absolute atomic E-state index is 14.6. The van der Waals surface area contributed by atoms with Gasteiger partial charge in [-0.3, -0.25) is 13.9 Å².